The van der Waals surface area contributed by atoms with Crippen LogP contribution >= 0.6 is 0 Å². The first-order valence-electron chi connectivity index (χ1n) is 28.1. The molecule has 26 heteroatoms. The minimum Gasteiger partial charge on any atom is -0.481 e. The molecule has 80 heavy (non-hydrogen) atoms. The van der Waals surface area contributed by atoms with Crippen LogP contribution in [-0.4, -0.2) is 255 Å². The number of allylic oxidation sites excluding steroid dienone is 2. The van der Waals surface area contributed by atoms with Crippen LogP contribution in [0.1, 0.15) is 99.3 Å². The van der Waals surface area contributed by atoms with E-state index in [1.54, 1.807) is 6.92 Å². The molecule has 0 bridgehead atoms. The molecule has 9 rings (SSSR count). The molecule has 4 saturated heterocycles. The molecule has 8 fully saturated rings. The molecule has 30 atom stereocenters. The number of aliphatic hydroxyl groups is 15. The lowest BCUT2D eigenvalue weighted by Gasteiger charge is -2.71. The number of carboxylic acids is 1. The van der Waals surface area contributed by atoms with E-state index >= 15 is 4.79 Å². The van der Waals surface area contributed by atoms with Crippen LogP contribution in [0.2, 0.25) is 0 Å². The minimum absolute atomic E-state index is 0.0645. The molecule has 26 nitrogen and oxygen atoms in total. The van der Waals surface area contributed by atoms with Crippen molar-refractivity contribution in [2.24, 2.45) is 50.2 Å². The molecule has 16 N–H and O–H groups in total. The third-order valence-electron chi connectivity index (χ3n) is 21.6. The van der Waals surface area contributed by atoms with Crippen molar-refractivity contribution in [3.05, 3.63) is 11.6 Å². The first-order chi connectivity index (χ1) is 37.4. The summed E-state index contributed by atoms with van der Waals surface area (Å²) in [6.45, 7) is 8.72. The van der Waals surface area contributed by atoms with Crippen LogP contribution in [-0.2, 0) is 47.5 Å². The fraction of sp³-hybridized carbons (Fsp3) is 0.926. The van der Waals surface area contributed by atoms with Crippen LogP contribution in [0.15, 0.2) is 11.6 Å². The smallest absolute Gasteiger partial charge is 0.317 e. The number of aliphatic carboxylic acids is 1. The Morgan fingerprint density at radius 2 is 1.09 bits per heavy atom. The second-order valence-corrected chi connectivity index (χ2v) is 26.2. The topological polar surface area (TPSA) is 432 Å². The van der Waals surface area contributed by atoms with E-state index < -0.39 is 206 Å². The summed E-state index contributed by atoms with van der Waals surface area (Å²) >= 11 is 0. The highest BCUT2D eigenvalue weighted by Crippen LogP contribution is 2.76. The van der Waals surface area contributed by atoms with Crippen molar-refractivity contribution < 1.29 is 129 Å². The number of carboxylic acid groups (broad SMARTS) is 1. The lowest BCUT2D eigenvalue weighted by molar-refractivity contribution is -0.378. The Morgan fingerprint density at radius 1 is 0.550 bits per heavy atom. The molecule has 10 unspecified atom stereocenters. The molecule has 0 spiro atoms. The van der Waals surface area contributed by atoms with Crippen molar-refractivity contribution in [1.82, 2.24) is 0 Å². The van der Waals surface area contributed by atoms with Crippen molar-refractivity contribution in [3.8, 4) is 0 Å². The van der Waals surface area contributed by atoms with Crippen LogP contribution in [0.25, 0.3) is 0 Å². The van der Waals surface area contributed by atoms with Gasteiger partial charge in [0, 0.05) is 0 Å². The van der Waals surface area contributed by atoms with Gasteiger partial charge in [0.2, 0.25) is 6.29 Å². The molecule has 4 aliphatic heterocycles. The largest absolute Gasteiger partial charge is 0.481 e. The second kappa shape index (κ2) is 22.6. The summed E-state index contributed by atoms with van der Waals surface area (Å²) in [5.41, 5.74) is -4.22. The predicted molar refractivity (Wildman–Crippen MR) is 266 cm³/mol. The Kier molecular flexibility index (Phi) is 17.6. The predicted octanol–water partition coefficient (Wildman–Crippen LogP) is -4.00. The molecule has 0 aromatic heterocycles. The molecule has 4 saturated carbocycles. The van der Waals surface area contributed by atoms with Gasteiger partial charge < -0.3 is 120 Å². The molecular weight excluding hydrogens is 1060 g/mol. The molecule has 0 aromatic rings. The highest BCUT2D eigenvalue weighted by atomic mass is 16.8. The minimum atomic E-state index is -2.17. The lowest BCUT2D eigenvalue weighted by Crippen LogP contribution is -2.69. The van der Waals surface area contributed by atoms with Crippen molar-refractivity contribution in [2.45, 2.75) is 234 Å². The number of aliphatic hydroxyl groups excluding tert-OH is 15. The summed E-state index contributed by atoms with van der Waals surface area (Å²) < 4.78 is 46.9. The van der Waals surface area contributed by atoms with Gasteiger partial charge in [-0.3, -0.25) is 9.59 Å². The summed E-state index contributed by atoms with van der Waals surface area (Å²) in [5.74, 6) is -3.08. The van der Waals surface area contributed by atoms with Gasteiger partial charge in [-0.1, -0.05) is 46.3 Å². The highest BCUT2D eigenvalue weighted by molar-refractivity contribution is 5.80. The van der Waals surface area contributed by atoms with Crippen LogP contribution in [0, 0.1) is 50.2 Å². The monoisotopic (exact) mass is 1150 g/mol. The van der Waals surface area contributed by atoms with Crippen LogP contribution in [0.4, 0.5) is 0 Å². The molecule has 0 aromatic carbocycles. The molecule has 9 aliphatic rings. The maximum atomic E-state index is 15.6. The Labute approximate surface area is 462 Å². The normalized spacial score (nSPS) is 54.0. The maximum Gasteiger partial charge on any atom is 0.317 e. The summed E-state index contributed by atoms with van der Waals surface area (Å²) in [6.07, 6.45) is -34.5. The first-order valence-corrected chi connectivity index (χ1v) is 28.1. The SMILES string of the molecule is CC1(C)CCC2(C(=O)O[C@@H]3O[C@H](CO[C@@H]4O[C@H](CO)[C@@H](O)[C@H](O)[C@H]4O[C@@H]4O[C@H](CO)[C@@H](O)[C@H](O)[C@H]4O)[C@@H](O)[C@H](O[C@@H]4O[C@H](CO)[C@@H](O)[C@H](O)[C@H]4O)[C@H]3O)C(O)CC3(C)C(=CCC4C5(C)CCC(O)C(C)(C(=O)O)C5CCC43C)C2C1. The molecular formula is C54H86O26. The van der Waals surface area contributed by atoms with E-state index in [9.17, 15) is 86.5 Å². The maximum absolute atomic E-state index is 15.6. The van der Waals surface area contributed by atoms with Crippen LogP contribution < -0.4 is 0 Å². The van der Waals surface area contributed by atoms with Crippen LogP contribution in [0.3, 0.4) is 0 Å². The second-order valence-electron chi connectivity index (χ2n) is 26.2. The van der Waals surface area contributed by atoms with Gasteiger partial charge in [-0.15, -0.1) is 0 Å². The molecule has 5 aliphatic carbocycles. The van der Waals surface area contributed by atoms with Gasteiger partial charge in [-0.25, -0.2) is 0 Å². The number of rotatable bonds is 13. The Bertz CT molecular complexity index is 2250. The number of hydrogen-bond acceptors (Lipinski definition) is 25. The Balaban J connectivity index is 1.03. The number of esters is 1. The number of carbonyl (C=O) groups is 2. The zero-order valence-corrected chi connectivity index (χ0v) is 45.9. The third-order valence-corrected chi connectivity index (χ3v) is 21.6. The van der Waals surface area contributed by atoms with E-state index in [4.69, 9.17) is 37.9 Å². The average molecular weight is 1150 g/mol. The molecule has 4 heterocycles. The Hall–Kier alpha value is -2.20. The third kappa shape index (κ3) is 9.82. The number of hydrogen-bond donors (Lipinski definition) is 16. The fourth-order valence-electron chi connectivity index (χ4n) is 16.4. The quantitative estimate of drug-likeness (QED) is 0.0617. The lowest BCUT2D eigenvalue weighted by atomic mass is 9.33. The zero-order valence-electron chi connectivity index (χ0n) is 45.9. The van der Waals surface area contributed by atoms with Crippen molar-refractivity contribution in [2.75, 3.05) is 26.4 Å². The van der Waals surface area contributed by atoms with E-state index in [2.05, 4.69) is 40.7 Å². The van der Waals surface area contributed by atoms with Crippen molar-refractivity contribution >= 4 is 11.9 Å². The van der Waals surface area contributed by atoms with Gasteiger partial charge in [-0.05, 0) is 104 Å². The fourth-order valence-corrected chi connectivity index (χ4v) is 16.4. The van der Waals surface area contributed by atoms with Gasteiger partial charge in [0.05, 0.1) is 44.1 Å². The molecule has 0 radical (unpaired) electrons. The summed E-state index contributed by atoms with van der Waals surface area (Å²) in [6, 6.07) is 0. The van der Waals surface area contributed by atoms with Crippen molar-refractivity contribution in [3.63, 3.8) is 0 Å². The molecule has 0 amide bonds. The number of fused-ring (bicyclic) bond motifs is 7. The Morgan fingerprint density at radius 3 is 1.65 bits per heavy atom. The number of carbonyl (C=O) groups excluding carboxylic acids is 1. The molecule has 458 valence electrons. The van der Waals surface area contributed by atoms with E-state index in [-0.39, 0.29) is 30.1 Å². The van der Waals surface area contributed by atoms with E-state index in [1.807, 2.05) is 0 Å². The van der Waals surface area contributed by atoms with Gasteiger partial charge in [0.15, 0.2) is 18.9 Å². The highest BCUT2D eigenvalue weighted by Gasteiger charge is 2.73. The summed E-state index contributed by atoms with van der Waals surface area (Å²) in [7, 11) is 0. The van der Waals surface area contributed by atoms with E-state index in [0.29, 0.717) is 44.9 Å². The van der Waals surface area contributed by atoms with Gasteiger partial charge in [-0.2, -0.15) is 0 Å². The average Bonchev–Trinajstić information content (AvgIpc) is 3.53. The van der Waals surface area contributed by atoms with E-state index in [0.717, 1.165) is 5.57 Å². The first kappa shape index (κ1) is 62.3. The summed E-state index contributed by atoms with van der Waals surface area (Å²) in [5, 5.41) is 175. The van der Waals surface area contributed by atoms with Gasteiger partial charge >= 0.3 is 11.9 Å². The van der Waals surface area contributed by atoms with Gasteiger partial charge in [0.1, 0.15) is 103 Å². The number of ether oxygens (including phenoxy) is 8. The van der Waals surface area contributed by atoms with E-state index in [1.165, 1.54) is 0 Å². The van der Waals surface area contributed by atoms with Crippen LogP contribution in [0.5, 0.6) is 0 Å². The van der Waals surface area contributed by atoms with Crippen molar-refractivity contribution in [1.29, 1.82) is 0 Å². The van der Waals surface area contributed by atoms with Gasteiger partial charge in [0.25, 0.3) is 0 Å². The summed E-state index contributed by atoms with van der Waals surface area (Å²) in [4.78, 5) is 28.6. The standard InChI is InChI=1S/C54H86O26/c1-49(2)13-14-54(22(15-49)21-7-8-27-50(3)11-10-29(58)53(6,47(70)71)28(50)9-12-51(27,4)52(21,5)16-30(54)59)48(72)80-45-40(69)41(78-43-38(67)35(64)31(60)23(17-55)74-43)34(63)26(77-45)20-73-46-42(37(66)33(62)25(19-57)76-46)79-44-39(68)36(65)32(61)24(18-56)75-44/h7,22-46,55-69H,8-20H2,1-6H3,(H,70,71)/t22?,23-,24-,25-,26-,27?,28?,29?,30?,31-,32-,33-,34-,35+,36+,37+,38-,39-,40-,41+,42-,43+,44+,45+,46-,50?,51?,52?,53?,54?/m1/s1. The zero-order chi connectivity index (χ0) is 58.7.